The topological polar surface area (TPSA) is 88.0 Å². The summed E-state index contributed by atoms with van der Waals surface area (Å²) in [5, 5.41) is 11.1. The molecule has 2 heterocycles. The van der Waals surface area contributed by atoms with E-state index in [0.717, 1.165) is 11.7 Å². The molecular formula is C8H8N4O2S. The summed E-state index contributed by atoms with van der Waals surface area (Å²) >= 11 is 1.06. The van der Waals surface area contributed by atoms with Gasteiger partial charge in [-0.1, -0.05) is 0 Å². The second kappa shape index (κ2) is 4.28. The first-order valence-corrected chi connectivity index (χ1v) is 5.01. The van der Waals surface area contributed by atoms with Gasteiger partial charge in [0.2, 0.25) is 0 Å². The minimum absolute atomic E-state index is 0.0837. The van der Waals surface area contributed by atoms with E-state index in [0.29, 0.717) is 16.7 Å². The maximum absolute atomic E-state index is 11.5. The number of aliphatic hydroxyl groups is 1. The van der Waals surface area contributed by atoms with Crippen LogP contribution in [-0.2, 0) is 0 Å². The quantitative estimate of drug-likeness (QED) is 0.754. The van der Waals surface area contributed by atoms with Crippen LogP contribution >= 0.6 is 11.7 Å². The molecule has 0 bridgehead atoms. The summed E-state index contributed by atoms with van der Waals surface area (Å²) in [6.07, 6.45) is 1.44. The van der Waals surface area contributed by atoms with Gasteiger partial charge in [-0.3, -0.25) is 4.79 Å². The fourth-order valence-corrected chi connectivity index (χ4v) is 1.56. The van der Waals surface area contributed by atoms with E-state index in [2.05, 4.69) is 19.0 Å². The molecule has 0 aromatic carbocycles. The predicted molar refractivity (Wildman–Crippen MR) is 54.6 cm³/mol. The zero-order valence-electron chi connectivity index (χ0n) is 7.67. The van der Waals surface area contributed by atoms with Gasteiger partial charge in [0.1, 0.15) is 5.52 Å². The number of carbonyl (C=O) groups excluding carboxylic acids is 1. The summed E-state index contributed by atoms with van der Waals surface area (Å²) < 4.78 is 7.91. The predicted octanol–water partition coefficient (Wildman–Crippen LogP) is -0.192. The molecular weight excluding hydrogens is 216 g/mol. The van der Waals surface area contributed by atoms with E-state index in [1.165, 1.54) is 6.20 Å². The minimum Gasteiger partial charge on any atom is -0.395 e. The molecule has 0 unspecified atom stereocenters. The molecule has 0 aliphatic carbocycles. The lowest BCUT2D eigenvalue weighted by atomic mass is 10.2. The maximum Gasteiger partial charge on any atom is 0.253 e. The molecule has 15 heavy (non-hydrogen) atoms. The third-order valence-electron chi connectivity index (χ3n) is 1.77. The lowest BCUT2D eigenvalue weighted by Gasteiger charge is -2.01. The smallest absolute Gasteiger partial charge is 0.253 e. The van der Waals surface area contributed by atoms with Crippen LogP contribution in [0.5, 0.6) is 0 Å². The van der Waals surface area contributed by atoms with Gasteiger partial charge in [0.15, 0.2) is 5.65 Å². The second-order valence-electron chi connectivity index (χ2n) is 2.81. The van der Waals surface area contributed by atoms with Crippen molar-refractivity contribution in [1.29, 1.82) is 0 Å². The summed E-state index contributed by atoms with van der Waals surface area (Å²) in [5.41, 5.74) is 1.57. The van der Waals surface area contributed by atoms with Crippen LogP contribution in [0.15, 0.2) is 12.3 Å². The van der Waals surface area contributed by atoms with Crippen molar-refractivity contribution in [1.82, 2.24) is 19.0 Å². The molecule has 2 aromatic heterocycles. The lowest BCUT2D eigenvalue weighted by molar-refractivity contribution is 0.0944. The Morgan fingerprint density at radius 3 is 3.20 bits per heavy atom. The van der Waals surface area contributed by atoms with E-state index < -0.39 is 0 Å². The maximum atomic E-state index is 11.5. The number of fused-ring (bicyclic) bond motifs is 1. The van der Waals surface area contributed by atoms with E-state index in [-0.39, 0.29) is 19.1 Å². The Balaban J connectivity index is 2.23. The van der Waals surface area contributed by atoms with Crippen LogP contribution in [0.25, 0.3) is 11.2 Å². The van der Waals surface area contributed by atoms with Crippen LogP contribution in [0, 0.1) is 0 Å². The molecule has 2 aromatic rings. The molecule has 78 valence electrons. The lowest BCUT2D eigenvalue weighted by Crippen LogP contribution is -2.26. The third kappa shape index (κ3) is 2.08. The van der Waals surface area contributed by atoms with E-state index in [1.54, 1.807) is 6.07 Å². The summed E-state index contributed by atoms with van der Waals surface area (Å²) in [7, 11) is 0. The first-order chi connectivity index (χ1) is 7.31. The number of nitrogens with one attached hydrogen (secondary N) is 1. The molecule has 2 N–H and O–H groups in total. The number of aromatic nitrogens is 3. The van der Waals surface area contributed by atoms with Crippen LogP contribution in [-0.4, -0.2) is 37.9 Å². The summed E-state index contributed by atoms with van der Waals surface area (Å²) in [6, 6.07) is 1.62. The Labute approximate surface area is 89.3 Å². The molecule has 0 fully saturated rings. The van der Waals surface area contributed by atoms with Gasteiger partial charge < -0.3 is 10.4 Å². The highest BCUT2D eigenvalue weighted by Crippen LogP contribution is 2.10. The molecule has 0 aliphatic rings. The van der Waals surface area contributed by atoms with Gasteiger partial charge in [0.05, 0.1) is 23.9 Å². The van der Waals surface area contributed by atoms with Crippen LogP contribution in [0.3, 0.4) is 0 Å². The van der Waals surface area contributed by atoms with Gasteiger partial charge in [-0.05, 0) is 6.07 Å². The van der Waals surface area contributed by atoms with Crippen LogP contribution in [0.2, 0.25) is 0 Å². The van der Waals surface area contributed by atoms with Gasteiger partial charge in [-0.15, -0.1) is 0 Å². The molecule has 0 saturated heterocycles. The molecule has 0 radical (unpaired) electrons. The average Bonchev–Trinajstić information content (AvgIpc) is 2.72. The van der Waals surface area contributed by atoms with Gasteiger partial charge in [0.25, 0.3) is 5.91 Å². The first-order valence-electron chi connectivity index (χ1n) is 4.28. The highest BCUT2D eigenvalue weighted by atomic mass is 32.1. The van der Waals surface area contributed by atoms with Gasteiger partial charge >= 0.3 is 0 Å². The zero-order valence-corrected chi connectivity index (χ0v) is 8.49. The van der Waals surface area contributed by atoms with Crippen molar-refractivity contribution in [2.24, 2.45) is 0 Å². The molecule has 1 amide bonds. The standard InChI is InChI=1S/C8H8N4O2S/c13-2-1-9-8(14)5-3-6-7(10-4-5)12-15-11-6/h3-4,13H,1-2H2,(H,9,14). The Kier molecular flexibility index (Phi) is 2.84. The Morgan fingerprint density at radius 1 is 1.53 bits per heavy atom. The number of amides is 1. The van der Waals surface area contributed by atoms with Crippen LogP contribution < -0.4 is 5.32 Å². The Morgan fingerprint density at radius 2 is 2.40 bits per heavy atom. The fraction of sp³-hybridized carbons (Fsp3) is 0.250. The number of hydrogen-bond donors (Lipinski definition) is 2. The van der Waals surface area contributed by atoms with Crippen molar-refractivity contribution in [3.8, 4) is 0 Å². The first kappa shape index (κ1) is 9.94. The SMILES string of the molecule is O=C(NCCO)c1cnc2nsnc2c1. The van der Waals surface area contributed by atoms with E-state index in [9.17, 15) is 4.79 Å². The van der Waals surface area contributed by atoms with Crippen molar-refractivity contribution in [2.45, 2.75) is 0 Å². The van der Waals surface area contributed by atoms with E-state index >= 15 is 0 Å². The van der Waals surface area contributed by atoms with Crippen molar-refractivity contribution in [3.05, 3.63) is 17.8 Å². The van der Waals surface area contributed by atoms with E-state index in [1.807, 2.05) is 0 Å². The van der Waals surface area contributed by atoms with Crippen molar-refractivity contribution in [3.63, 3.8) is 0 Å². The van der Waals surface area contributed by atoms with Gasteiger partial charge in [-0.2, -0.15) is 8.75 Å². The molecule has 0 spiro atoms. The largest absolute Gasteiger partial charge is 0.395 e. The normalized spacial score (nSPS) is 10.5. The summed E-state index contributed by atoms with van der Waals surface area (Å²) in [5.74, 6) is -0.272. The third-order valence-corrected chi connectivity index (χ3v) is 2.31. The average molecular weight is 224 g/mol. The van der Waals surface area contributed by atoms with E-state index in [4.69, 9.17) is 5.11 Å². The van der Waals surface area contributed by atoms with Crippen molar-refractivity contribution >= 4 is 28.8 Å². The molecule has 0 saturated carbocycles. The number of hydrogen-bond acceptors (Lipinski definition) is 6. The number of carbonyl (C=O) groups is 1. The molecule has 0 aliphatic heterocycles. The van der Waals surface area contributed by atoms with Crippen LogP contribution in [0.4, 0.5) is 0 Å². The Hall–Kier alpha value is -1.60. The highest BCUT2D eigenvalue weighted by Gasteiger charge is 2.08. The van der Waals surface area contributed by atoms with Gasteiger partial charge in [-0.25, -0.2) is 4.98 Å². The van der Waals surface area contributed by atoms with Crippen LogP contribution in [0.1, 0.15) is 10.4 Å². The number of rotatable bonds is 3. The molecule has 0 atom stereocenters. The molecule has 2 rings (SSSR count). The summed E-state index contributed by atoms with van der Waals surface area (Å²) in [4.78, 5) is 15.4. The fourth-order valence-electron chi connectivity index (χ4n) is 1.08. The van der Waals surface area contributed by atoms with Gasteiger partial charge in [0, 0.05) is 12.7 Å². The second-order valence-corrected chi connectivity index (χ2v) is 3.34. The number of aliphatic hydroxyl groups excluding tert-OH is 1. The molecule has 6 nitrogen and oxygen atoms in total. The van der Waals surface area contributed by atoms with Crippen molar-refractivity contribution < 1.29 is 9.90 Å². The zero-order chi connectivity index (χ0) is 10.7. The minimum atomic E-state index is -0.272. The van der Waals surface area contributed by atoms with Crippen molar-refractivity contribution in [2.75, 3.05) is 13.2 Å². The highest BCUT2D eigenvalue weighted by molar-refractivity contribution is 7.00. The Bertz CT molecular complexity index is 484. The number of pyridine rings is 1. The molecule has 7 heteroatoms. The number of nitrogens with zero attached hydrogens (tertiary/aromatic N) is 3. The summed E-state index contributed by atoms with van der Waals surface area (Å²) in [6.45, 7) is 0.145. The monoisotopic (exact) mass is 224 g/mol.